The standard InChI is InChI=1S/C20H24N8O2/c1-3-4-13(11-29)25-19(30)12-5-7-15(8-6-12)28(2)10-14-9-23-18-16(24-14)17(21)26-20(22)27-18/h5-9,11,13H,3-4,10H2,1-2H3,(H,25,30)(H4,21,22,23,26,27). The molecule has 3 rings (SSSR count). The van der Waals surface area contributed by atoms with E-state index in [1.807, 2.05) is 31.0 Å². The van der Waals surface area contributed by atoms with Gasteiger partial charge in [0.25, 0.3) is 5.91 Å². The molecular weight excluding hydrogens is 384 g/mol. The number of nitrogens with one attached hydrogen (secondary N) is 1. The monoisotopic (exact) mass is 408 g/mol. The van der Waals surface area contributed by atoms with Crippen molar-refractivity contribution in [3.63, 3.8) is 0 Å². The van der Waals surface area contributed by atoms with Crippen LogP contribution in [-0.2, 0) is 11.3 Å². The second-order valence-electron chi connectivity index (χ2n) is 6.91. The number of benzene rings is 1. The van der Waals surface area contributed by atoms with Crippen LogP contribution in [-0.4, -0.2) is 45.2 Å². The van der Waals surface area contributed by atoms with Crippen LogP contribution >= 0.6 is 0 Å². The van der Waals surface area contributed by atoms with Crippen molar-refractivity contribution in [1.82, 2.24) is 25.3 Å². The summed E-state index contributed by atoms with van der Waals surface area (Å²) in [4.78, 5) is 42.0. The molecule has 1 atom stereocenters. The van der Waals surface area contributed by atoms with E-state index >= 15 is 0 Å². The van der Waals surface area contributed by atoms with E-state index in [-0.39, 0.29) is 17.7 Å². The molecule has 0 saturated carbocycles. The summed E-state index contributed by atoms with van der Waals surface area (Å²) in [6, 6.07) is 6.63. The number of hydrogen-bond acceptors (Lipinski definition) is 9. The van der Waals surface area contributed by atoms with Crippen molar-refractivity contribution in [2.24, 2.45) is 0 Å². The summed E-state index contributed by atoms with van der Waals surface area (Å²) in [5, 5.41) is 2.73. The molecule has 0 bridgehead atoms. The van der Waals surface area contributed by atoms with Crippen molar-refractivity contribution in [1.29, 1.82) is 0 Å². The Morgan fingerprint density at radius 1 is 1.20 bits per heavy atom. The summed E-state index contributed by atoms with van der Waals surface area (Å²) in [7, 11) is 1.90. The molecule has 0 aliphatic carbocycles. The van der Waals surface area contributed by atoms with Gasteiger partial charge in [0.05, 0.1) is 24.5 Å². The maximum absolute atomic E-state index is 12.3. The number of nitrogen functional groups attached to an aromatic ring is 2. The van der Waals surface area contributed by atoms with Gasteiger partial charge in [0, 0.05) is 18.3 Å². The van der Waals surface area contributed by atoms with Crippen molar-refractivity contribution >= 4 is 40.8 Å². The minimum absolute atomic E-state index is 0.0532. The highest BCUT2D eigenvalue weighted by atomic mass is 16.2. The van der Waals surface area contributed by atoms with Gasteiger partial charge in [0.2, 0.25) is 5.95 Å². The zero-order valence-corrected chi connectivity index (χ0v) is 16.9. The number of hydrogen-bond donors (Lipinski definition) is 3. The maximum Gasteiger partial charge on any atom is 0.251 e. The number of carbonyl (C=O) groups excluding carboxylic acids is 2. The lowest BCUT2D eigenvalue weighted by molar-refractivity contribution is -0.109. The van der Waals surface area contributed by atoms with Crippen molar-refractivity contribution in [3.8, 4) is 0 Å². The molecule has 3 aromatic rings. The molecule has 2 aromatic heterocycles. The molecule has 30 heavy (non-hydrogen) atoms. The SMILES string of the molecule is CCCC(C=O)NC(=O)c1ccc(N(C)Cc2cnc3nc(N)nc(N)c3n2)cc1. The van der Waals surface area contributed by atoms with Crippen LogP contribution in [0.3, 0.4) is 0 Å². The zero-order valence-electron chi connectivity index (χ0n) is 16.9. The fourth-order valence-electron chi connectivity index (χ4n) is 3.00. The van der Waals surface area contributed by atoms with Crippen molar-refractivity contribution in [3.05, 3.63) is 41.7 Å². The molecule has 156 valence electrons. The van der Waals surface area contributed by atoms with E-state index < -0.39 is 6.04 Å². The number of aldehydes is 1. The van der Waals surface area contributed by atoms with E-state index in [2.05, 4.69) is 25.3 Å². The average molecular weight is 408 g/mol. The van der Waals surface area contributed by atoms with Crippen LogP contribution in [0.4, 0.5) is 17.5 Å². The molecule has 10 heteroatoms. The molecule has 0 aliphatic heterocycles. The molecule has 0 spiro atoms. The number of aromatic nitrogens is 4. The molecule has 10 nitrogen and oxygen atoms in total. The number of nitrogens with two attached hydrogens (primary N) is 2. The second-order valence-corrected chi connectivity index (χ2v) is 6.91. The highest BCUT2D eigenvalue weighted by Crippen LogP contribution is 2.18. The van der Waals surface area contributed by atoms with Gasteiger partial charge in [-0.05, 0) is 30.7 Å². The predicted octanol–water partition coefficient (Wildman–Crippen LogP) is 1.32. The van der Waals surface area contributed by atoms with Gasteiger partial charge in [-0.2, -0.15) is 9.97 Å². The van der Waals surface area contributed by atoms with Gasteiger partial charge in [-0.1, -0.05) is 13.3 Å². The van der Waals surface area contributed by atoms with E-state index in [9.17, 15) is 9.59 Å². The number of nitrogens with zero attached hydrogens (tertiary/aromatic N) is 5. The number of fused-ring (bicyclic) bond motifs is 1. The first-order valence-corrected chi connectivity index (χ1v) is 9.53. The van der Waals surface area contributed by atoms with Crippen LogP contribution in [0.2, 0.25) is 0 Å². The highest BCUT2D eigenvalue weighted by molar-refractivity contribution is 5.96. The highest BCUT2D eigenvalue weighted by Gasteiger charge is 2.13. The van der Waals surface area contributed by atoms with Gasteiger partial charge in [0.1, 0.15) is 6.29 Å². The number of amides is 1. The summed E-state index contributed by atoms with van der Waals surface area (Å²) in [6.45, 7) is 2.42. The third kappa shape index (κ3) is 4.77. The quantitative estimate of drug-likeness (QED) is 0.468. The number of rotatable bonds is 8. The molecule has 0 radical (unpaired) electrons. The van der Waals surface area contributed by atoms with E-state index in [0.29, 0.717) is 35.4 Å². The van der Waals surface area contributed by atoms with Gasteiger partial charge in [-0.3, -0.25) is 4.79 Å². The van der Waals surface area contributed by atoms with E-state index in [4.69, 9.17) is 11.5 Å². The molecule has 5 N–H and O–H groups in total. The molecule has 1 aromatic carbocycles. The van der Waals surface area contributed by atoms with Crippen molar-refractivity contribution in [2.45, 2.75) is 32.4 Å². The molecule has 0 aliphatic rings. The first kappa shape index (κ1) is 20.9. The fourth-order valence-corrected chi connectivity index (χ4v) is 3.00. The Kier molecular flexibility index (Phi) is 6.35. The maximum atomic E-state index is 12.3. The third-order valence-electron chi connectivity index (χ3n) is 4.55. The smallest absolute Gasteiger partial charge is 0.251 e. The van der Waals surface area contributed by atoms with Crippen molar-refractivity contribution < 1.29 is 9.59 Å². The first-order valence-electron chi connectivity index (χ1n) is 9.53. The van der Waals surface area contributed by atoms with E-state index in [1.54, 1.807) is 18.3 Å². The van der Waals surface area contributed by atoms with Crippen LogP contribution in [0.15, 0.2) is 30.5 Å². The summed E-state index contributed by atoms with van der Waals surface area (Å²) in [5.74, 6) is -0.0380. The summed E-state index contributed by atoms with van der Waals surface area (Å²) < 4.78 is 0. The Balaban J connectivity index is 1.70. The number of carbonyl (C=O) groups is 2. The van der Waals surface area contributed by atoms with E-state index in [1.165, 1.54) is 0 Å². The summed E-state index contributed by atoms with van der Waals surface area (Å²) in [5.41, 5.74) is 14.2. The lowest BCUT2D eigenvalue weighted by atomic mass is 10.1. The molecule has 0 saturated heterocycles. The minimum Gasteiger partial charge on any atom is -0.382 e. The lowest BCUT2D eigenvalue weighted by Gasteiger charge is -2.19. The molecule has 0 fully saturated rings. The van der Waals surface area contributed by atoms with Crippen molar-refractivity contribution in [2.75, 3.05) is 23.4 Å². The van der Waals surface area contributed by atoms with Crippen LogP contribution in [0, 0.1) is 0 Å². The normalized spacial score (nSPS) is 11.8. The Bertz CT molecular complexity index is 1050. The number of anilines is 3. The Morgan fingerprint density at radius 3 is 2.60 bits per heavy atom. The van der Waals surface area contributed by atoms with Gasteiger partial charge in [-0.15, -0.1) is 0 Å². The van der Waals surface area contributed by atoms with Crippen LogP contribution in [0.5, 0.6) is 0 Å². The average Bonchev–Trinajstić information content (AvgIpc) is 2.73. The second kappa shape index (κ2) is 9.12. The van der Waals surface area contributed by atoms with Gasteiger partial charge < -0.3 is 26.5 Å². The van der Waals surface area contributed by atoms with Crippen LogP contribution in [0.1, 0.15) is 35.8 Å². The van der Waals surface area contributed by atoms with Gasteiger partial charge >= 0.3 is 0 Å². The van der Waals surface area contributed by atoms with Crippen LogP contribution in [0.25, 0.3) is 11.2 Å². The molecule has 1 unspecified atom stereocenters. The minimum atomic E-state index is -0.469. The van der Waals surface area contributed by atoms with Gasteiger partial charge in [0.15, 0.2) is 17.0 Å². The summed E-state index contributed by atoms with van der Waals surface area (Å²) in [6.07, 6.45) is 3.81. The Labute approximate surface area is 173 Å². The molecule has 2 heterocycles. The fraction of sp³-hybridized carbons (Fsp3) is 0.300. The largest absolute Gasteiger partial charge is 0.382 e. The predicted molar refractivity (Wildman–Crippen MR) is 115 cm³/mol. The Hall–Kier alpha value is -3.82. The summed E-state index contributed by atoms with van der Waals surface area (Å²) >= 11 is 0. The third-order valence-corrected chi connectivity index (χ3v) is 4.55. The zero-order chi connectivity index (χ0) is 21.7. The molecular formula is C20H24N8O2. The van der Waals surface area contributed by atoms with Gasteiger partial charge in [-0.25, -0.2) is 9.97 Å². The Morgan fingerprint density at radius 2 is 1.93 bits per heavy atom. The first-order chi connectivity index (χ1) is 14.4. The van der Waals surface area contributed by atoms with Crippen LogP contribution < -0.4 is 21.7 Å². The molecule has 1 amide bonds. The van der Waals surface area contributed by atoms with E-state index in [0.717, 1.165) is 18.4 Å². The lowest BCUT2D eigenvalue weighted by Crippen LogP contribution is -2.35. The topological polar surface area (TPSA) is 153 Å².